The zero-order valence-electron chi connectivity index (χ0n) is 21.2. The SMILES string of the molecule is C[C@H](C(=O)NC(C)(C)C)N(Cc1ccc(F)cc1)C(=O)CN(C)S(=O)(=O)c1ccc2ccccc2c1. The summed E-state index contributed by atoms with van der Waals surface area (Å²) < 4.78 is 40.9. The number of nitrogens with zero attached hydrogens (tertiary/aromatic N) is 2. The first-order valence-corrected chi connectivity index (χ1v) is 13.0. The number of likely N-dealkylation sites (N-methyl/N-ethyl adjacent to an activating group) is 1. The fourth-order valence-corrected chi connectivity index (χ4v) is 4.87. The van der Waals surface area contributed by atoms with E-state index in [0.717, 1.165) is 15.1 Å². The van der Waals surface area contributed by atoms with Crippen LogP contribution in [-0.2, 0) is 26.2 Å². The van der Waals surface area contributed by atoms with Gasteiger partial charge in [0.05, 0.1) is 11.4 Å². The second kappa shape index (κ2) is 10.8. The van der Waals surface area contributed by atoms with E-state index in [9.17, 15) is 22.4 Å². The Morgan fingerprint density at radius 3 is 2.19 bits per heavy atom. The normalized spacial score (nSPS) is 13.0. The van der Waals surface area contributed by atoms with Gasteiger partial charge in [0.1, 0.15) is 11.9 Å². The third kappa shape index (κ3) is 6.67. The van der Waals surface area contributed by atoms with Crippen LogP contribution >= 0.6 is 0 Å². The van der Waals surface area contributed by atoms with Crippen LogP contribution in [0.3, 0.4) is 0 Å². The van der Waals surface area contributed by atoms with Crippen LogP contribution in [0, 0.1) is 5.82 Å². The number of nitrogens with one attached hydrogen (secondary N) is 1. The molecule has 1 atom stereocenters. The molecular weight excluding hydrogens is 481 g/mol. The van der Waals surface area contributed by atoms with Crippen LogP contribution in [0.2, 0.25) is 0 Å². The number of halogens is 1. The van der Waals surface area contributed by atoms with Crippen molar-refractivity contribution in [2.24, 2.45) is 0 Å². The first kappa shape index (κ1) is 27.3. The molecule has 1 N–H and O–H groups in total. The van der Waals surface area contributed by atoms with Crippen molar-refractivity contribution in [3.8, 4) is 0 Å². The Morgan fingerprint density at radius 2 is 1.58 bits per heavy atom. The second-order valence-electron chi connectivity index (χ2n) is 9.83. The van der Waals surface area contributed by atoms with Crippen molar-refractivity contribution in [2.75, 3.05) is 13.6 Å². The summed E-state index contributed by atoms with van der Waals surface area (Å²) >= 11 is 0. The summed E-state index contributed by atoms with van der Waals surface area (Å²) in [5.41, 5.74) is 0.0896. The molecule has 192 valence electrons. The predicted octanol–water partition coefficient (Wildman–Crippen LogP) is 3.93. The molecule has 0 aliphatic carbocycles. The van der Waals surface area contributed by atoms with E-state index in [1.165, 1.54) is 42.3 Å². The molecule has 7 nitrogen and oxygen atoms in total. The average molecular weight is 514 g/mol. The van der Waals surface area contributed by atoms with Crippen molar-refractivity contribution < 1.29 is 22.4 Å². The van der Waals surface area contributed by atoms with Crippen LogP contribution in [-0.4, -0.2) is 54.6 Å². The predicted molar refractivity (Wildman–Crippen MR) is 138 cm³/mol. The number of benzene rings is 3. The molecule has 0 unspecified atom stereocenters. The number of amides is 2. The summed E-state index contributed by atoms with van der Waals surface area (Å²) in [6.07, 6.45) is 0. The molecule has 0 aliphatic heterocycles. The molecule has 0 aromatic heterocycles. The summed E-state index contributed by atoms with van der Waals surface area (Å²) in [5.74, 6) is -1.35. The summed E-state index contributed by atoms with van der Waals surface area (Å²) in [5, 5.41) is 4.52. The minimum Gasteiger partial charge on any atom is -0.350 e. The molecule has 0 bridgehead atoms. The molecule has 9 heteroatoms. The summed E-state index contributed by atoms with van der Waals surface area (Å²) in [4.78, 5) is 27.6. The molecule has 0 heterocycles. The van der Waals surface area contributed by atoms with Crippen LogP contribution in [0.1, 0.15) is 33.3 Å². The van der Waals surface area contributed by atoms with Crippen LogP contribution in [0.25, 0.3) is 10.8 Å². The van der Waals surface area contributed by atoms with Crippen molar-refractivity contribution in [2.45, 2.75) is 50.7 Å². The highest BCUT2D eigenvalue weighted by atomic mass is 32.2. The number of hydrogen-bond donors (Lipinski definition) is 1. The maximum Gasteiger partial charge on any atom is 0.243 e. The lowest BCUT2D eigenvalue weighted by Crippen LogP contribution is -2.54. The molecular formula is C27H32FN3O4S. The molecule has 0 saturated heterocycles. The second-order valence-corrected chi connectivity index (χ2v) is 11.9. The van der Waals surface area contributed by atoms with Gasteiger partial charge in [0.15, 0.2) is 0 Å². The quantitative estimate of drug-likeness (QED) is 0.495. The highest BCUT2D eigenvalue weighted by molar-refractivity contribution is 7.89. The fourth-order valence-electron chi connectivity index (χ4n) is 3.72. The fraction of sp³-hybridized carbons (Fsp3) is 0.333. The summed E-state index contributed by atoms with van der Waals surface area (Å²) in [6, 6.07) is 16.9. The zero-order chi connectivity index (χ0) is 26.7. The highest BCUT2D eigenvalue weighted by Crippen LogP contribution is 2.22. The molecule has 0 aliphatic rings. The Kier molecular flexibility index (Phi) is 8.15. The lowest BCUT2D eigenvalue weighted by atomic mass is 10.1. The maximum absolute atomic E-state index is 13.4. The molecule has 3 rings (SSSR count). The van der Waals surface area contributed by atoms with E-state index in [4.69, 9.17) is 0 Å². The van der Waals surface area contributed by atoms with E-state index in [2.05, 4.69) is 5.32 Å². The molecule has 2 amide bonds. The third-order valence-electron chi connectivity index (χ3n) is 5.72. The molecule has 0 radical (unpaired) electrons. The van der Waals surface area contributed by atoms with E-state index in [1.54, 1.807) is 19.1 Å². The van der Waals surface area contributed by atoms with Crippen LogP contribution < -0.4 is 5.32 Å². The van der Waals surface area contributed by atoms with Gasteiger partial charge in [-0.05, 0) is 68.3 Å². The van der Waals surface area contributed by atoms with E-state index in [0.29, 0.717) is 5.56 Å². The Bertz CT molecular complexity index is 1350. The van der Waals surface area contributed by atoms with Crippen molar-refractivity contribution in [1.29, 1.82) is 0 Å². The number of fused-ring (bicyclic) bond motifs is 1. The Balaban J connectivity index is 1.85. The number of carbonyl (C=O) groups excluding carboxylic acids is 2. The molecule has 36 heavy (non-hydrogen) atoms. The van der Waals surface area contributed by atoms with Crippen molar-refractivity contribution in [3.63, 3.8) is 0 Å². The van der Waals surface area contributed by atoms with Gasteiger partial charge in [0, 0.05) is 19.1 Å². The van der Waals surface area contributed by atoms with Crippen LogP contribution in [0.5, 0.6) is 0 Å². The monoisotopic (exact) mass is 513 g/mol. The molecule has 3 aromatic rings. The smallest absolute Gasteiger partial charge is 0.243 e. The van der Waals surface area contributed by atoms with Gasteiger partial charge in [0.2, 0.25) is 21.8 Å². The average Bonchev–Trinajstić information content (AvgIpc) is 2.81. The van der Waals surface area contributed by atoms with E-state index in [-0.39, 0.29) is 17.3 Å². The van der Waals surface area contributed by atoms with E-state index < -0.39 is 39.9 Å². The molecule has 0 fully saturated rings. The van der Waals surface area contributed by atoms with Gasteiger partial charge < -0.3 is 10.2 Å². The van der Waals surface area contributed by atoms with E-state index in [1.807, 2.05) is 45.0 Å². The van der Waals surface area contributed by atoms with Gasteiger partial charge in [-0.1, -0.05) is 42.5 Å². The van der Waals surface area contributed by atoms with E-state index >= 15 is 0 Å². The number of sulfonamides is 1. The summed E-state index contributed by atoms with van der Waals surface area (Å²) in [6.45, 7) is 6.61. The minimum absolute atomic E-state index is 0.0156. The van der Waals surface area contributed by atoms with Gasteiger partial charge in [-0.3, -0.25) is 9.59 Å². The van der Waals surface area contributed by atoms with Gasteiger partial charge in [-0.15, -0.1) is 0 Å². The van der Waals surface area contributed by atoms with Crippen molar-refractivity contribution >= 4 is 32.6 Å². The number of carbonyl (C=O) groups is 2. The van der Waals surface area contributed by atoms with Crippen molar-refractivity contribution in [1.82, 2.24) is 14.5 Å². The lowest BCUT2D eigenvalue weighted by molar-refractivity contribution is -0.141. The first-order chi connectivity index (χ1) is 16.8. The van der Waals surface area contributed by atoms with Gasteiger partial charge >= 0.3 is 0 Å². The molecule has 0 spiro atoms. The molecule has 3 aromatic carbocycles. The minimum atomic E-state index is -3.98. The van der Waals surface area contributed by atoms with Gasteiger partial charge in [0.25, 0.3) is 0 Å². The first-order valence-electron chi connectivity index (χ1n) is 11.6. The Hall–Kier alpha value is -3.30. The molecule has 0 saturated carbocycles. The standard InChI is InChI=1S/C27H32FN3O4S/c1-19(26(33)29-27(2,3)4)31(17-20-10-13-23(28)14-11-20)25(32)18-30(5)36(34,35)24-15-12-21-8-6-7-9-22(21)16-24/h6-16,19H,17-18H2,1-5H3,(H,29,33)/t19-/m1/s1. The zero-order valence-corrected chi connectivity index (χ0v) is 22.0. The van der Waals surface area contributed by atoms with Gasteiger partial charge in [-0.2, -0.15) is 4.31 Å². The largest absolute Gasteiger partial charge is 0.350 e. The van der Waals surface area contributed by atoms with Crippen LogP contribution in [0.15, 0.2) is 71.6 Å². The lowest BCUT2D eigenvalue weighted by Gasteiger charge is -2.32. The Labute approximate surface area is 212 Å². The number of rotatable bonds is 8. The summed E-state index contributed by atoms with van der Waals surface area (Å²) in [7, 11) is -2.64. The van der Waals surface area contributed by atoms with Gasteiger partial charge in [-0.25, -0.2) is 12.8 Å². The highest BCUT2D eigenvalue weighted by Gasteiger charge is 2.31. The Morgan fingerprint density at radius 1 is 0.972 bits per heavy atom. The third-order valence-corrected chi connectivity index (χ3v) is 7.52. The van der Waals surface area contributed by atoms with Crippen LogP contribution in [0.4, 0.5) is 4.39 Å². The topological polar surface area (TPSA) is 86.8 Å². The van der Waals surface area contributed by atoms with Crippen molar-refractivity contribution in [3.05, 3.63) is 78.1 Å². The maximum atomic E-state index is 13.4. The number of hydrogen-bond acceptors (Lipinski definition) is 4.